The smallest absolute Gasteiger partial charge is 0.549 e. The number of aromatic nitrogens is 1. The van der Waals surface area contributed by atoms with E-state index in [2.05, 4.69) is 6.92 Å². The number of carbonyl (C=O) groups is 2. The molecule has 0 aliphatic carbocycles. The van der Waals surface area contributed by atoms with Crippen LogP contribution in [0.1, 0.15) is 59.4 Å². The summed E-state index contributed by atoms with van der Waals surface area (Å²) in [5.41, 5.74) is 2.73. The van der Waals surface area contributed by atoms with Crippen LogP contribution in [0.5, 0.6) is 0 Å². The number of hydrogen-bond acceptors (Lipinski definition) is 3. The molecule has 126 valence electrons. The fourth-order valence-electron chi connectivity index (χ4n) is 3.39. The summed E-state index contributed by atoms with van der Waals surface area (Å²) in [6.45, 7) is 2.62. The molecule has 2 heterocycles. The Morgan fingerprint density at radius 1 is 1.32 bits per heavy atom. The first-order valence-corrected chi connectivity index (χ1v) is 8.64. The summed E-state index contributed by atoms with van der Waals surface area (Å²) in [5.74, 6) is -1.81. The number of fused-ring (bicyclic) bond motifs is 1. The van der Waals surface area contributed by atoms with E-state index in [0.717, 1.165) is 24.8 Å². The topological polar surface area (TPSA) is 62.1 Å². The number of benzene rings is 1. The van der Waals surface area contributed by atoms with Gasteiger partial charge in [0.05, 0.1) is 11.7 Å². The van der Waals surface area contributed by atoms with Crippen LogP contribution in [0.25, 0.3) is 0 Å². The van der Waals surface area contributed by atoms with Crippen molar-refractivity contribution in [2.75, 3.05) is 0 Å². The molecular weight excluding hydrogens is 365 g/mol. The number of rotatable bonds is 6. The molecule has 0 saturated carbocycles. The Balaban J connectivity index is 0.00000225. The van der Waals surface area contributed by atoms with Gasteiger partial charge in [-0.25, -0.2) is 0 Å². The van der Waals surface area contributed by atoms with Gasteiger partial charge in [-0.3, -0.25) is 4.79 Å². The van der Waals surface area contributed by atoms with Crippen molar-refractivity contribution in [3.05, 3.63) is 57.9 Å². The average molecular weight is 384 g/mol. The van der Waals surface area contributed by atoms with Crippen LogP contribution in [0, 0.1) is 0 Å². The first kappa shape index (κ1) is 20.9. The van der Waals surface area contributed by atoms with Gasteiger partial charge in [0.15, 0.2) is 0 Å². The zero-order valence-electron chi connectivity index (χ0n) is 14.5. The minimum atomic E-state index is -1.07. The van der Waals surface area contributed by atoms with Crippen molar-refractivity contribution in [1.82, 2.24) is 4.57 Å². The number of hydrogen-bond donors (Lipinski definition) is 0. The number of carboxylic acids is 1. The molecule has 0 N–H and O–H groups in total. The maximum absolute atomic E-state index is 13.0. The SMILES string of the molecule is CCCCc1cc2n(c1C(=O)c1cccc(Cl)c1)CCC2C(=O)[O-].[K+]. The minimum Gasteiger partial charge on any atom is -0.549 e. The average Bonchev–Trinajstić information content (AvgIpc) is 3.10. The Hall–Kier alpha value is -0.434. The monoisotopic (exact) mass is 383 g/mol. The number of unbranched alkanes of at least 4 members (excludes halogenated alkanes) is 1. The molecule has 0 spiro atoms. The van der Waals surface area contributed by atoms with E-state index in [0.29, 0.717) is 34.9 Å². The van der Waals surface area contributed by atoms with Crippen LogP contribution in [0.15, 0.2) is 30.3 Å². The third kappa shape index (κ3) is 4.29. The van der Waals surface area contributed by atoms with E-state index < -0.39 is 11.9 Å². The van der Waals surface area contributed by atoms with Crippen molar-refractivity contribution in [1.29, 1.82) is 0 Å². The molecule has 1 atom stereocenters. The second kappa shape index (κ2) is 8.98. The van der Waals surface area contributed by atoms with Gasteiger partial charge >= 0.3 is 51.4 Å². The standard InChI is InChI=1S/C19H20ClNO3.K/c1-2-3-5-12-11-16-15(19(23)24)8-9-21(16)17(12)18(22)13-6-4-7-14(20)10-13;/h4,6-7,10-11,15H,2-3,5,8-9H2,1H3,(H,23,24);/q;+1/p-1. The van der Waals surface area contributed by atoms with Crippen LogP contribution in [-0.2, 0) is 17.8 Å². The number of aryl methyl sites for hydroxylation is 1. The summed E-state index contributed by atoms with van der Waals surface area (Å²) >= 11 is 6.01. The van der Waals surface area contributed by atoms with Crippen LogP contribution < -0.4 is 56.5 Å². The summed E-state index contributed by atoms with van der Waals surface area (Å²) in [5, 5.41) is 11.9. The predicted molar refractivity (Wildman–Crippen MR) is 90.3 cm³/mol. The molecule has 0 bridgehead atoms. The van der Waals surface area contributed by atoms with Gasteiger partial charge < -0.3 is 14.5 Å². The Morgan fingerprint density at radius 2 is 2.08 bits per heavy atom. The minimum absolute atomic E-state index is 0. The molecule has 1 aromatic carbocycles. The molecule has 2 aromatic rings. The fourth-order valence-corrected chi connectivity index (χ4v) is 3.58. The molecule has 1 aliphatic rings. The Morgan fingerprint density at radius 3 is 2.72 bits per heavy atom. The Kier molecular flexibility index (Phi) is 7.49. The van der Waals surface area contributed by atoms with Crippen molar-refractivity contribution in [3.63, 3.8) is 0 Å². The first-order valence-electron chi connectivity index (χ1n) is 8.26. The Bertz CT molecular complexity index is 800. The number of halogens is 1. The van der Waals surface area contributed by atoms with E-state index in [9.17, 15) is 14.7 Å². The Labute approximate surface area is 195 Å². The molecule has 6 heteroatoms. The molecule has 25 heavy (non-hydrogen) atoms. The number of carboxylic acid groups (broad SMARTS) is 1. The van der Waals surface area contributed by atoms with Gasteiger partial charge in [0.2, 0.25) is 5.78 Å². The van der Waals surface area contributed by atoms with E-state index in [1.165, 1.54) is 0 Å². The summed E-state index contributed by atoms with van der Waals surface area (Å²) in [6, 6.07) is 8.74. The van der Waals surface area contributed by atoms with E-state index >= 15 is 0 Å². The van der Waals surface area contributed by atoms with Crippen molar-refractivity contribution in [2.24, 2.45) is 0 Å². The van der Waals surface area contributed by atoms with Crippen LogP contribution in [-0.4, -0.2) is 16.3 Å². The van der Waals surface area contributed by atoms with Crippen LogP contribution in [0.3, 0.4) is 0 Å². The van der Waals surface area contributed by atoms with E-state index in [1.54, 1.807) is 24.3 Å². The van der Waals surface area contributed by atoms with Gasteiger partial charge in [-0.05, 0) is 43.0 Å². The second-order valence-electron chi connectivity index (χ2n) is 6.20. The third-order valence-electron chi connectivity index (χ3n) is 4.59. The normalized spacial score (nSPS) is 15.5. The van der Waals surface area contributed by atoms with E-state index in [4.69, 9.17) is 11.6 Å². The summed E-state index contributed by atoms with van der Waals surface area (Å²) < 4.78 is 1.86. The summed E-state index contributed by atoms with van der Waals surface area (Å²) in [6.07, 6.45) is 3.20. The number of ketones is 1. The maximum atomic E-state index is 13.0. The third-order valence-corrected chi connectivity index (χ3v) is 4.83. The van der Waals surface area contributed by atoms with Gasteiger partial charge in [0, 0.05) is 28.7 Å². The summed E-state index contributed by atoms with van der Waals surface area (Å²) in [7, 11) is 0. The molecular formula is C19H19ClKNO3. The number of nitrogens with zero attached hydrogens (tertiary/aromatic N) is 1. The van der Waals surface area contributed by atoms with Crippen LogP contribution >= 0.6 is 11.6 Å². The van der Waals surface area contributed by atoms with Gasteiger partial charge in [-0.15, -0.1) is 0 Å². The molecule has 0 radical (unpaired) electrons. The van der Waals surface area contributed by atoms with Gasteiger partial charge in [0.25, 0.3) is 0 Å². The molecule has 0 amide bonds. The number of aliphatic carboxylic acids is 1. The van der Waals surface area contributed by atoms with E-state index in [-0.39, 0.29) is 57.2 Å². The first-order chi connectivity index (χ1) is 11.5. The van der Waals surface area contributed by atoms with Crippen LogP contribution in [0.4, 0.5) is 0 Å². The zero-order valence-corrected chi connectivity index (χ0v) is 18.4. The van der Waals surface area contributed by atoms with Gasteiger partial charge in [-0.1, -0.05) is 37.1 Å². The van der Waals surface area contributed by atoms with Gasteiger partial charge in [0.1, 0.15) is 0 Å². The largest absolute Gasteiger partial charge is 1.00 e. The van der Waals surface area contributed by atoms with Crippen molar-refractivity contribution < 1.29 is 66.1 Å². The van der Waals surface area contributed by atoms with Gasteiger partial charge in [-0.2, -0.15) is 0 Å². The van der Waals surface area contributed by atoms with Crippen LogP contribution in [0.2, 0.25) is 5.02 Å². The molecule has 3 rings (SSSR count). The molecule has 4 nitrogen and oxygen atoms in total. The van der Waals surface area contributed by atoms with Crippen molar-refractivity contribution in [3.8, 4) is 0 Å². The molecule has 1 aliphatic heterocycles. The maximum Gasteiger partial charge on any atom is 1.00 e. The van der Waals surface area contributed by atoms with E-state index in [1.807, 2.05) is 10.6 Å². The molecule has 0 saturated heterocycles. The van der Waals surface area contributed by atoms with Crippen molar-refractivity contribution in [2.45, 2.75) is 45.1 Å². The van der Waals surface area contributed by atoms with Crippen molar-refractivity contribution >= 4 is 23.4 Å². The molecule has 1 unspecified atom stereocenters. The summed E-state index contributed by atoms with van der Waals surface area (Å²) in [4.78, 5) is 24.4. The zero-order chi connectivity index (χ0) is 17.3. The molecule has 1 aromatic heterocycles. The number of carbonyl (C=O) groups excluding carboxylic acids is 2. The quantitative estimate of drug-likeness (QED) is 0.519. The predicted octanol–water partition coefficient (Wildman–Crippen LogP) is -0.0437. The second-order valence-corrected chi connectivity index (χ2v) is 6.63. The fraction of sp³-hybridized carbons (Fsp3) is 0.368. The molecule has 0 fully saturated rings.